The molecule has 0 spiro atoms. The summed E-state index contributed by atoms with van der Waals surface area (Å²) in [5.74, 6) is 4.56. The largest absolute Gasteiger partial charge is 0.457 e. The summed E-state index contributed by atoms with van der Waals surface area (Å²) in [6, 6.07) is 39.8. The van der Waals surface area contributed by atoms with Crippen molar-refractivity contribution in [2.45, 2.75) is 106 Å². The average molecular weight is 792 g/mol. The fourth-order valence-electron chi connectivity index (χ4n) is 9.00. The molecular formula is C54H57N5O. The van der Waals surface area contributed by atoms with Crippen molar-refractivity contribution >= 4 is 33.2 Å². The maximum absolute atomic E-state index is 7.11. The van der Waals surface area contributed by atoms with Crippen molar-refractivity contribution in [1.82, 2.24) is 19.1 Å². The van der Waals surface area contributed by atoms with E-state index in [2.05, 4.69) is 199 Å². The summed E-state index contributed by atoms with van der Waals surface area (Å²) in [7, 11) is 0. The van der Waals surface area contributed by atoms with Gasteiger partial charge in [-0.1, -0.05) is 105 Å². The van der Waals surface area contributed by atoms with Gasteiger partial charge in [0.25, 0.3) is 0 Å². The molecule has 1 aliphatic heterocycles. The Balaban J connectivity index is 1.25. The van der Waals surface area contributed by atoms with Gasteiger partial charge >= 0.3 is 0 Å². The minimum Gasteiger partial charge on any atom is -0.457 e. The van der Waals surface area contributed by atoms with Gasteiger partial charge in [-0.25, -0.2) is 9.97 Å². The maximum Gasteiger partial charge on any atom is 0.144 e. The molecule has 0 saturated heterocycles. The maximum atomic E-state index is 7.11. The number of nitrogens with zero attached hydrogens (tertiary/aromatic N) is 5. The van der Waals surface area contributed by atoms with Crippen molar-refractivity contribution in [3.63, 3.8) is 0 Å². The van der Waals surface area contributed by atoms with Gasteiger partial charge in [-0.05, 0) is 125 Å². The number of fused-ring (bicyclic) bond motifs is 6. The molecule has 0 radical (unpaired) electrons. The number of pyridine rings is 1. The average Bonchev–Trinajstić information content (AvgIpc) is 3.71. The zero-order chi connectivity index (χ0) is 42.2. The van der Waals surface area contributed by atoms with E-state index in [9.17, 15) is 0 Å². The SMILES string of the molecule is Cc1nc2n(c1C)CN(c1cc(Oc3ccc4c5ccccc5n(-c5cc(C(C)(C)C)ccn5)c4c3)cc(-c3c(C(C)C)cc(C(C)C)cc3C(C)C)c1)c1ccccc1-2. The Labute approximate surface area is 355 Å². The topological polar surface area (TPSA) is 48.1 Å². The van der Waals surface area contributed by atoms with Crippen LogP contribution in [0.15, 0.2) is 115 Å². The molecule has 0 atom stereocenters. The number of rotatable bonds is 8. The Hall–Kier alpha value is -6.14. The molecule has 0 N–H and O–H groups in total. The van der Waals surface area contributed by atoms with Crippen molar-refractivity contribution in [3.05, 3.63) is 149 Å². The highest BCUT2D eigenvalue weighted by atomic mass is 16.5. The van der Waals surface area contributed by atoms with Crippen LogP contribution in [0.2, 0.25) is 0 Å². The van der Waals surface area contributed by atoms with E-state index in [-0.39, 0.29) is 5.41 Å². The molecule has 1 aliphatic rings. The second-order valence-corrected chi connectivity index (χ2v) is 18.7. The molecule has 0 bridgehead atoms. The molecule has 0 unspecified atom stereocenters. The first-order valence-corrected chi connectivity index (χ1v) is 21.6. The summed E-state index contributed by atoms with van der Waals surface area (Å²) >= 11 is 0. The number of para-hydroxylation sites is 2. The van der Waals surface area contributed by atoms with Gasteiger partial charge in [-0.3, -0.25) is 4.57 Å². The standard InChI is InChI=1S/C54H57N5O/c1-32(2)37-26-46(33(3)4)52(47(27-37)34(5)6)38-24-40(58-31-57-36(8)35(7)56-53(57)45-17-13-14-18-48(45)58)29-42(25-38)60-41-20-21-44-43-16-12-15-19-49(43)59(50(44)30-41)51-28-39(22-23-55-51)54(9,10)11/h12-30,32-34H,31H2,1-11H3. The minimum atomic E-state index is -0.0146. The van der Waals surface area contributed by atoms with Crippen LogP contribution in [0, 0.1) is 13.8 Å². The highest BCUT2D eigenvalue weighted by Crippen LogP contribution is 2.46. The Bertz CT molecular complexity index is 2910. The first-order valence-electron chi connectivity index (χ1n) is 21.6. The molecule has 0 fully saturated rings. The lowest BCUT2D eigenvalue weighted by molar-refractivity contribution is 0.483. The normalized spacial score (nSPS) is 12.9. The van der Waals surface area contributed by atoms with E-state index in [1.807, 2.05) is 6.20 Å². The van der Waals surface area contributed by atoms with Gasteiger partial charge in [0.05, 0.1) is 22.4 Å². The van der Waals surface area contributed by atoms with Crippen LogP contribution >= 0.6 is 0 Å². The molecule has 3 aromatic heterocycles. The lowest BCUT2D eigenvalue weighted by Crippen LogP contribution is -2.27. The van der Waals surface area contributed by atoms with Gasteiger partial charge in [0.1, 0.15) is 29.8 Å². The number of hydrogen-bond donors (Lipinski definition) is 0. The van der Waals surface area contributed by atoms with Crippen LogP contribution in [0.4, 0.5) is 11.4 Å². The lowest BCUT2D eigenvalue weighted by Gasteiger charge is -2.33. The van der Waals surface area contributed by atoms with Crippen LogP contribution in [-0.2, 0) is 12.1 Å². The van der Waals surface area contributed by atoms with Gasteiger partial charge in [-0.2, -0.15) is 0 Å². The molecule has 0 saturated carbocycles. The monoisotopic (exact) mass is 791 g/mol. The predicted octanol–water partition coefficient (Wildman–Crippen LogP) is 14.9. The lowest BCUT2D eigenvalue weighted by atomic mass is 9.81. The van der Waals surface area contributed by atoms with Crippen LogP contribution in [0.25, 0.3) is 50.1 Å². The van der Waals surface area contributed by atoms with E-state index < -0.39 is 0 Å². The van der Waals surface area contributed by atoms with Crippen molar-refractivity contribution in [3.8, 4) is 39.8 Å². The van der Waals surface area contributed by atoms with Crippen LogP contribution in [0.3, 0.4) is 0 Å². The van der Waals surface area contributed by atoms with Gasteiger partial charge in [0.15, 0.2) is 0 Å². The molecule has 0 amide bonds. The van der Waals surface area contributed by atoms with Crippen LogP contribution in [-0.4, -0.2) is 19.1 Å². The number of aryl methyl sites for hydroxylation is 1. The molecule has 60 heavy (non-hydrogen) atoms. The molecule has 6 heteroatoms. The summed E-state index contributed by atoms with van der Waals surface area (Å²) in [4.78, 5) is 12.4. The third-order valence-electron chi connectivity index (χ3n) is 12.5. The van der Waals surface area contributed by atoms with Crippen LogP contribution in [0.1, 0.15) is 114 Å². The number of ether oxygens (including phenoxy) is 1. The quantitative estimate of drug-likeness (QED) is 0.154. The summed E-state index contributed by atoms with van der Waals surface area (Å²) in [6.07, 6.45) is 1.93. The van der Waals surface area contributed by atoms with Gasteiger partial charge in [-0.15, -0.1) is 0 Å². The molecule has 0 aliphatic carbocycles. The number of aromatic nitrogens is 4. The summed E-state index contributed by atoms with van der Waals surface area (Å²) < 4.78 is 11.7. The first-order chi connectivity index (χ1) is 28.7. The predicted molar refractivity (Wildman–Crippen MR) is 251 cm³/mol. The highest BCUT2D eigenvalue weighted by Gasteiger charge is 2.28. The zero-order valence-corrected chi connectivity index (χ0v) is 37.1. The number of anilines is 2. The molecule has 8 aromatic rings. The van der Waals surface area contributed by atoms with E-state index in [0.29, 0.717) is 24.4 Å². The molecule has 9 rings (SSSR count). The smallest absolute Gasteiger partial charge is 0.144 e. The number of benzene rings is 5. The Morgan fingerprint density at radius 3 is 2.08 bits per heavy atom. The van der Waals surface area contributed by atoms with E-state index in [0.717, 1.165) is 67.8 Å². The Morgan fingerprint density at radius 1 is 0.667 bits per heavy atom. The minimum absolute atomic E-state index is 0.0146. The third-order valence-corrected chi connectivity index (χ3v) is 12.5. The van der Waals surface area contributed by atoms with E-state index >= 15 is 0 Å². The van der Waals surface area contributed by atoms with Crippen molar-refractivity contribution < 1.29 is 4.74 Å². The molecule has 5 aromatic carbocycles. The number of hydrogen-bond acceptors (Lipinski definition) is 4. The second kappa shape index (κ2) is 14.8. The summed E-state index contributed by atoms with van der Waals surface area (Å²) in [5.41, 5.74) is 15.5. The zero-order valence-electron chi connectivity index (χ0n) is 37.1. The van der Waals surface area contributed by atoms with E-state index in [1.54, 1.807) is 0 Å². The Kier molecular flexibility index (Phi) is 9.73. The first kappa shape index (κ1) is 39.3. The fraction of sp³-hybridized carbons (Fsp3) is 0.296. The summed E-state index contributed by atoms with van der Waals surface area (Å²) in [5, 5.41) is 2.35. The van der Waals surface area contributed by atoms with Gasteiger partial charge in [0.2, 0.25) is 0 Å². The van der Waals surface area contributed by atoms with E-state index in [1.165, 1.54) is 38.9 Å². The van der Waals surface area contributed by atoms with Gasteiger partial charge in [0, 0.05) is 46.0 Å². The van der Waals surface area contributed by atoms with Crippen LogP contribution in [0.5, 0.6) is 11.5 Å². The molecule has 304 valence electrons. The van der Waals surface area contributed by atoms with Gasteiger partial charge < -0.3 is 14.2 Å². The molecule has 4 heterocycles. The molecular weight excluding hydrogens is 735 g/mol. The third kappa shape index (κ3) is 6.76. The summed E-state index contributed by atoms with van der Waals surface area (Å²) in [6.45, 7) is 25.5. The molecule has 6 nitrogen and oxygen atoms in total. The highest BCUT2D eigenvalue weighted by molar-refractivity contribution is 6.09. The van der Waals surface area contributed by atoms with E-state index in [4.69, 9.17) is 14.7 Å². The fourth-order valence-corrected chi connectivity index (χ4v) is 9.00. The Morgan fingerprint density at radius 2 is 1.37 bits per heavy atom. The van der Waals surface area contributed by atoms with Crippen molar-refractivity contribution in [2.75, 3.05) is 4.90 Å². The van der Waals surface area contributed by atoms with Crippen LogP contribution < -0.4 is 9.64 Å². The van der Waals surface area contributed by atoms with Crippen molar-refractivity contribution in [1.29, 1.82) is 0 Å². The second-order valence-electron chi connectivity index (χ2n) is 18.7. The van der Waals surface area contributed by atoms with Crippen molar-refractivity contribution in [2.24, 2.45) is 0 Å². The number of imidazole rings is 1.